The van der Waals surface area contributed by atoms with Crippen LogP contribution in [0.2, 0.25) is 5.02 Å². The Morgan fingerprint density at radius 3 is 2.95 bits per heavy atom. The smallest absolute Gasteiger partial charge is 0.251 e. The zero-order valence-electron chi connectivity index (χ0n) is 11.1. The summed E-state index contributed by atoms with van der Waals surface area (Å²) >= 11 is 12.0. The van der Waals surface area contributed by atoms with Gasteiger partial charge in [0.05, 0.1) is 5.54 Å². The van der Waals surface area contributed by atoms with Crippen molar-refractivity contribution in [1.29, 1.82) is 0 Å². The van der Waals surface area contributed by atoms with E-state index in [4.69, 9.17) is 23.2 Å². The third kappa shape index (κ3) is 3.64. The highest BCUT2D eigenvalue weighted by molar-refractivity contribution is 6.31. The van der Waals surface area contributed by atoms with E-state index in [1.165, 1.54) is 6.42 Å². The van der Waals surface area contributed by atoms with E-state index in [-0.39, 0.29) is 11.4 Å². The highest BCUT2D eigenvalue weighted by atomic mass is 35.5. The van der Waals surface area contributed by atoms with E-state index in [9.17, 15) is 4.79 Å². The fourth-order valence-corrected chi connectivity index (χ4v) is 3.37. The number of amides is 1. The van der Waals surface area contributed by atoms with Gasteiger partial charge in [0.15, 0.2) is 0 Å². The number of hydrogen-bond donors (Lipinski definition) is 1. The number of benzene rings is 1. The Morgan fingerprint density at radius 2 is 2.32 bits per heavy atom. The lowest BCUT2D eigenvalue weighted by atomic mass is 9.77. The summed E-state index contributed by atoms with van der Waals surface area (Å²) in [6, 6.07) is 7.01. The molecule has 0 aromatic heterocycles. The molecule has 0 aliphatic heterocycles. The van der Waals surface area contributed by atoms with Gasteiger partial charge in [0.2, 0.25) is 0 Å². The molecule has 2 atom stereocenters. The quantitative estimate of drug-likeness (QED) is 0.830. The molecule has 2 rings (SSSR count). The molecule has 1 amide bonds. The minimum atomic E-state index is -0.265. The molecular formula is C15H19Cl2NO. The van der Waals surface area contributed by atoms with Crippen molar-refractivity contribution in [2.24, 2.45) is 5.92 Å². The summed E-state index contributed by atoms with van der Waals surface area (Å²) < 4.78 is 0. The number of nitrogens with one attached hydrogen (secondary N) is 1. The fourth-order valence-electron chi connectivity index (χ4n) is 2.87. The highest BCUT2D eigenvalue weighted by Gasteiger charge is 2.35. The molecule has 1 aromatic carbocycles. The minimum Gasteiger partial charge on any atom is -0.345 e. The molecule has 104 valence electrons. The van der Waals surface area contributed by atoms with Crippen molar-refractivity contribution in [3.63, 3.8) is 0 Å². The van der Waals surface area contributed by atoms with Gasteiger partial charge in [-0.15, -0.1) is 11.6 Å². The van der Waals surface area contributed by atoms with Gasteiger partial charge in [0.1, 0.15) is 0 Å². The van der Waals surface area contributed by atoms with Crippen molar-refractivity contribution >= 4 is 29.1 Å². The maximum absolute atomic E-state index is 12.3. The largest absolute Gasteiger partial charge is 0.345 e. The number of halogens is 2. The molecule has 1 aromatic rings. The van der Waals surface area contributed by atoms with E-state index in [1.807, 2.05) is 0 Å². The molecule has 0 spiro atoms. The SMILES string of the molecule is CC1CCCC(CCl)(NC(=O)c2cccc(Cl)c2)C1. The zero-order chi connectivity index (χ0) is 13.9. The second-order valence-electron chi connectivity index (χ2n) is 5.58. The normalized spacial score (nSPS) is 27.0. The molecule has 19 heavy (non-hydrogen) atoms. The lowest BCUT2D eigenvalue weighted by Gasteiger charge is -2.39. The van der Waals surface area contributed by atoms with Crippen LogP contribution < -0.4 is 5.32 Å². The molecule has 0 saturated heterocycles. The molecule has 1 saturated carbocycles. The summed E-state index contributed by atoms with van der Waals surface area (Å²) in [5.74, 6) is 0.980. The van der Waals surface area contributed by atoms with Crippen molar-refractivity contribution in [2.45, 2.75) is 38.1 Å². The van der Waals surface area contributed by atoms with Gasteiger partial charge in [-0.1, -0.05) is 37.4 Å². The maximum Gasteiger partial charge on any atom is 0.251 e. The van der Waals surface area contributed by atoms with Crippen molar-refractivity contribution in [2.75, 3.05) is 5.88 Å². The summed E-state index contributed by atoms with van der Waals surface area (Å²) in [7, 11) is 0. The molecule has 4 heteroatoms. The standard InChI is InChI=1S/C15H19Cl2NO/c1-11-4-3-7-15(9-11,10-16)18-14(19)12-5-2-6-13(17)8-12/h2,5-6,8,11H,3-4,7,9-10H2,1H3,(H,18,19). The van der Waals surface area contributed by atoms with Gasteiger partial charge in [-0.25, -0.2) is 0 Å². The van der Waals surface area contributed by atoms with E-state index in [1.54, 1.807) is 24.3 Å². The average Bonchev–Trinajstić information content (AvgIpc) is 2.38. The van der Waals surface area contributed by atoms with Crippen molar-refractivity contribution in [3.8, 4) is 0 Å². The van der Waals surface area contributed by atoms with E-state index in [0.29, 0.717) is 22.4 Å². The van der Waals surface area contributed by atoms with Gasteiger partial charge in [-0.3, -0.25) is 4.79 Å². The van der Waals surface area contributed by atoms with Crippen LogP contribution >= 0.6 is 23.2 Å². The molecular weight excluding hydrogens is 281 g/mol. The second-order valence-corrected chi connectivity index (χ2v) is 6.28. The summed E-state index contributed by atoms with van der Waals surface area (Å²) in [6.45, 7) is 2.21. The Labute approximate surface area is 124 Å². The van der Waals surface area contributed by atoms with Crippen molar-refractivity contribution in [1.82, 2.24) is 5.32 Å². The molecule has 0 radical (unpaired) electrons. The van der Waals surface area contributed by atoms with Crippen LogP contribution in [0.15, 0.2) is 24.3 Å². The van der Waals surface area contributed by atoms with Crippen LogP contribution in [0.3, 0.4) is 0 Å². The third-order valence-electron chi connectivity index (χ3n) is 3.81. The van der Waals surface area contributed by atoms with Crippen LogP contribution in [-0.4, -0.2) is 17.3 Å². The molecule has 2 nitrogen and oxygen atoms in total. The molecule has 0 bridgehead atoms. The predicted molar refractivity (Wildman–Crippen MR) is 80.0 cm³/mol. The van der Waals surface area contributed by atoms with Gasteiger partial charge in [0.25, 0.3) is 5.91 Å². The zero-order valence-corrected chi connectivity index (χ0v) is 12.6. The lowest BCUT2D eigenvalue weighted by molar-refractivity contribution is 0.0867. The fraction of sp³-hybridized carbons (Fsp3) is 0.533. The van der Waals surface area contributed by atoms with E-state index >= 15 is 0 Å². The van der Waals surface area contributed by atoms with Crippen LogP contribution in [0.1, 0.15) is 43.0 Å². The second kappa shape index (κ2) is 6.15. The maximum atomic E-state index is 12.3. The van der Waals surface area contributed by atoms with Crippen LogP contribution in [0.5, 0.6) is 0 Å². The third-order valence-corrected chi connectivity index (χ3v) is 4.56. The van der Waals surface area contributed by atoms with Gasteiger partial charge >= 0.3 is 0 Å². The number of carbonyl (C=O) groups excluding carboxylic acids is 1. The van der Waals surface area contributed by atoms with Gasteiger partial charge in [-0.05, 0) is 37.0 Å². The van der Waals surface area contributed by atoms with Crippen LogP contribution in [0, 0.1) is 5.92 Å². The predicted octanol–water partition coefficient (Wildman–Crippen LogP) is 4.26. The number of hydrogen-bond acceptors (Lipinski definition) is 1. The Bertz CT molecular complexity index is 463. The molecule has 1 N–H and O–H groups in total. The molecule has 1 fully saturated rings. The summed E-state index contributed by atoms with van der Waals surface area (Å²) in [4.78, 5) is 12.3. The summed E-state index contributed by atoms with van der Waals surface area (Å²) in [5, 5.41) is 3.70. The first-order chi connectivity index (χ1) is 9.04. The van der Waals surface area contributed by atoms with Crippen LogP contribution in [0.25, 0.3) is 0 Å². The first-order valence-electron chi connectivity index (χ1n) is 6.69. The summed E-state index contributed by atoms with van der Waals surface area (Å²) in [6.07, 6.45) is 4.23. The number of alkyl halides is 1. The van der Waals surface area contributed by atoms with Gasteiger partial charge < -0.3 is 5.32 Å². The lowest BCUT2D eigenvalue weighted by Crippen LogP contribution is -2.52. The molecule has 1 aliphatic rings. The van der Waals surface area contributed by atoms with Gasteiger partial charge in [0, 0.05) is 16.5 Å². The molecule has 2 unspecified atom stereocenters. The Balaban J connectivity index is 2.12. The number of rotatable bonds is 3. The molecule has 1 aliphatic carbocycles. The van der Waals surface area contributed by atoms with E-state index < -0.39 is 0 Å². The monoisotopic (exact) mass is 299 g/mol. The van der Waals surface area contributed by atoms with Crippen LogP contribution in [-0.2, 0) is 0 Å². The van der Waals surface area contributed by atoms with Crippen molar-refractivity contribution < 1.29 is 4.79 Å². The highest BCUT2D eigenvalue weighted by Crippen LogP contribution is 2.33. The molecule has 0 heterocycles. The van der Waals surface area contributed by atoms with Gasteiger partial charge in [-0.2, -0.15) is 0 Å². The Kier molecular flexibility index (Phi) is 4.75. The van der Waals surface area contributed by atoms with Crippen LogP contribution in [0.4, 0.5) is 0 Å². The minimum absolute atomic E-state index is 0.0859. The van der Waals surface area contributed by atoms with E-state index in [0.717, 1.165) is 19.3 Å². The summed E-state index contributed by atoms with van der Waals surface area (Å²) in [5.41, 5.74) is 0.328. The first kappa shape index (κ1) is 14.7. The average molecular weight is 300 g/mol. The first-order valence-corrected chi connectivity index (χ1v) is 7.60. The Morgan fingerprint density at radius 1 is 1.53 bits per heavy atom. The van der Waals surface area contributed by atoms with Crippen molar-refractivity contribution in [3.05, 3.63) is 34.9 Å². The topological polar surface area (TPSA) is 29.1 Å². The van der Waals surface area contributed by atoms with E-state index in [2.05, 4.69) is 12.2 Å². The Hall–Kier alpha value is -0.730. The number of carbonyl (C=O) groups is 1.